The van der Waals surface area contributed by atoms with Crippen LogP contribution in [0.2, 0.25) is 0 Å². The Morgan fingerprint density at radius 1 is 1.04 bits per heavy atom. The van der Waals surface area contributed by atoms with Crippen LogP contribution in [0.4, 0.5) is 5.69 Å². The standard InChI is InChI=1S/C21H24N2O5/c1-4-13(2)18(21(26)27)23-20(25)16-7-5-6-8-17(16)22-19(24)14-9-11-15(28-3)12-10-14/h5-13,18H,4H2,1-3H3,(H,22,24)(H,23,25)(H,26,27)/p-1/t13-,18-/m0/s1. The highest BCUT2D eigenvalue weighted by molar-refractivity contribution is 6.09. The lowest BCUT2D eigenvalue weighted by Gasteiger charge is -2.25. The summed E-state index contributed by atoms with van der Waals surface area (Å²) in [6, 6.07) is 11.8. The van der Waals surface area contributed by atoms with Gasteiger partial charge in [0.1, 0.15) is 5.75 Å². The minimum absolute atomic E-state index is 0.166. The van der Waals surface area contributed by atoms with E-state index in [0.29, 0.717) is 17.7 Å². The first-order valence-electron chi connectivity index (χ1n) is 8.93. The minimum Gasteiger partial charge on any atom is -0.548 e. The maximum absolute atomic E-state index is 12.6. The van der Waals surface area contributed by atoms with Crippen LogP contribution in [0, 0.1) is 5.92 Å². The molecule has 0 aromatic heterocycles. The van der Waals surface area contributed by atoms with Crippen molar-refractivity contribution in [2.45, 2.75) is 26.3 Å². The third-order valence-corrected chi connectivity index (χ3v) is 4.53. The number of carbonyl (C=O) groups excluding carboxylic acids is 3. The Morgan fingerprint density at radius 3 is 2.25 bits per heavy atom. The van der Waals surface area contributed by atoms with E-state index in [1.54, 1.807) is 49.4 Å². The Morgan fingerprint density at radius 2 is 1.68 bits per heavy atom. The van der Waals surface area contributed by atoms with E-state index >= 15 is 0 Å². The van der Waals surface area contributed by atoms with E-state index in [2.05, 4.69) is 10.6 Å². The molecule has 0 radical (unpaired) electrons. The van der Waals surface area contributed by atoms with E-state index in [0.717, 1.165) is 0 Å². The Kier molecular flexibility index (Phi) is 7.14. The predicted octanol–water partition coefficient (Wildman–Crippen LogP) is 1.84. The molecule has 0 aliphatic rings. The van der Waals surface area contributed by atoms with Gasteiger partial charge >= 0.3 is 0 Å². The van der Waals surface area contributed by atoms with Gasteiger partial charge in [0, 0.05) is 5.56 Å². The summed E-state index contributed by atoms with van der Waals surface area (Å²) < 4.78 is 5.06. The summed E-state index contributed by atoms with van der Waals surface area (Å²) in [4.78, 5) is 36.5. The molecule has 2 amide bonds. The number of hydrogen-bond donors (Lipinski definition) is 2. The van der Waals surface area contributed by atoms with Crippen molar-refractivity contribution in [3.63, 3.8) is 0 Å². The Labute approximate surface area is 163 Å². The number of amides is 2. The molecule has 2 aromatic carbocycles. The lowest BCUT2D eigenvalue weighted by Crippen LogP contribution is -2.51. The lowest BCUT2D eigenvalue weighted by molar-refractivity contribution is -0.309. The van der Waals surface area contributed by atoms with Crippen LogP contribution in [0.3, 0.4) is 0 Å². The number of nitrogens with one attached hydrogen (secondary N) is 2. The van der Waals surface area contributed by atoms with Crippen molar-refractivity contribution in [3.8, 4) is 5.75 Å². The van der Waals surface area contributed by atoms with Crippen molar-refractivity contribution in [1.29, 1.82) is 0 Å². The van der Waals surface area contributed by atoms with Gasteiger partial charge in [0.25, 0.3) is 11.8 Å². The molecule has 2 aromatic rings. The number of methoxy groups -OCH3 is 1. The number of benzene rings is 2. The van der Waals surface area contributed by atoms with Crippen molar-refractivity contribution in [3.05, 3.63) is 59.7 Å². The molecule has 0 aliphatic carbocycles. The molecule has 0 saturated carbocycles. The molecular formula is C21H23N2O5-. The summed E-state index contributed by atoms with van der Waals surface area (Å²) >= 11 is 0. The van der Waals surface area contributed by atoms with Gasteiger partial charge in [0.2, 0.25) is 0 Å². The first kappa shape index (κ1) is 21.0. The fourth-order valence-electron chi connectivity index (χ4n) is 2.62. The Balaban J connectivity index is 2.20. The Hall–Kier alpha value is -3.35. The molecular weight excluding hydrogens is 360 g/mol. The van der Waals surface area contributed by atoms with Crippen molar-refractivity contribution >= 4 is 23.5 Å². The smallest absolute Gasteiger partial charge is 0.255 e. The average Bonchev–Trinajstić information content (AvgIpc) is 2.71. The van der Waals surface area contributed by atoms with E-state index in [-0.39, 0.29) is 17.2 Å². The van der Waals surface area contributed by atoms with Crippen molar-refractivity contribution < 1.29 is 24.2 Å². The van der Waals surface area contributed by atoms with E-state index in [4.69, 9.17) is 4.74 Å². The molecule has 7 nitrogen and oxygen atoms in total. The summed E-state index contributed by atoms with van der Waals surface area (Å²) in [5, 5.41) is 16.5. The lowest BCUT2D eigenvalue weighted by atomic mass is 9.98. The number of rotatable bonds is 8. The van der Waals surface area contributed by atoms with Gasteiger partial charge in [-0.25, -0.2) is 0 Å². The minimum atomic E-state index is -1.34. The molecule has 0 aliphatic heterocycles. The normalized spacial score (nSPS) is 12.5. The largest absolute Gasteiger partial charge is 0.548 e. The number of ether oxygens (including phenoxy) is 1. The summed E-state index contributed by atoms with van der Waals surface area (Å²) in [5.74, 6) is -2.02. The second-order valence-electron chi connectivity index (χ2n) is 6.38. The second kappa shape index (κ2) is 9.55. The van der Waals surface area contributed by atoms with E-state index < -0.39 is 23.8 Å². The number of carboxylic acids is 1. The predicted molar refractivity (Wildman–Crippen MR) is 103 cm³/mol. The average molecular weight is 383 g/mol. The molecule has 0 fully saturated rings. The summed E-state index contributed by atoms with van der Waals surface area (Å²) in [7, 11) is 1.53. The van der Waals surface area contributed by atoms with Crippen LogP contribution >= 0.6 is 0 Å². The van der Waals surface area contributed by atoms with Gasteiger partial charge in [-0.2, -0.15) is 0 Å². The first-order valence-corrected chi connectivity index (χ1v) is 8.93. The number of aliphatic carboxylic acids is 1. The van der Waals surface area contributed by atoms with Gasteiger partial charge in [-0.3, -0.25) is 9.59 Å². The molecule has 0 spiro atoms. The molecule has 0 heterocycles. The number of carbonyl (C=O) groups is 3. The topological polar surface area (TPSA) is 108 Å². The fourth-order valence-corrected chi connectivity index (χ4v) is 2.62. The van der Waals surface area contributed by atoms with Crippen LogP contribution in [-0.4, -0.2) is 30.9 Å². The zero-order valence-corrected chi connectivity index (χ0v) is 16.0. The van der Waals surface area contributed by atoms with Crippen LogP contribution in [-0.2, 0) is 4.79 Å². The van der Waals surface area contributed by atoms with Crippen molar-refractivity contribution in [1.82, 2.24) is 5.32 Å². The van der Waals surface area contributed by atoms with Gasteiger partial charge in [-0.15, -0.1) is 0 Å². The SMILES string of the molecule is CC[C@H](C)[C@H](NC(=O)c1ccccc1NC(=O)c1ccc(OC)cc1)C(=O)[O-]. The molecule has 2 N–H and O–H groups in total. The van der Waals surface area contributed by atoms with E-state index in [1.807, 2.05) is 6.92 Å². The van der Waals surface area contributed by atoms with Crippen molar-refractivity contribution in [2.24, 2.45) is 5.92 Å². The highest BCUT2D eigenvalue weighted by atomic mass is 16.5. The van der Waals surface area contributed by atoms with E-state index in [1.165, 1.54) is 13.2 Å². The molecule has 0 unspecified atom stereocenters. The third-order valence-electron chi connectivity index (χ3n) is 4.53. The van der Waals surface area contributed by atoms with Gasteiger partial charge in [0.05, 0.1) is 30.4 Å². The molecule has 0 bridgehead atoms. The summed E-state index contributed by atoms with van der Waals surface area (Å²) in [6.07, 6.45) is 0.564. The van der Waals surface area contributed by atoms with Crippen molar-refractivity contribution in [2.75, 3.05) is 12.4 Å². The zero-order chi connectivity index (χ0) is 20.7. The monoisotopic (exact) mass is 383 g/mol. The quantitative estimate of drug-likeness (QED) is 0.723. The van der Waals surface area contributed by atoms with Crippen LogP contribution in [0.25, 0.3) is 0 Å². The van der Waals surface area contributed by atoms with Gasteiger partial charge in [-0.1, -0.05) is 32.4 Å². The maximum atomic E-state index is 12.6. The summed E-state index contributed by atoms with van der Waals surface area (Å²) in [5.41, 5.74) is 0.837. The zero-order valence-electron chi connectivity index (χ0n) is 16.0. The van der Waals surface area contributed by atoms with Crippen LogP contribution < -0.4 is 20.5 Å². The molecule has 0 saturated heterocycles. The van der Waals surface area contributed by atoms with Crippen LogP contribution in [0.15, 0.2) is 48.5 Å². The van der Waals surface area contributed by atoms with Crippen LogP contribution in [0.1, 0.15) is 41.0 Å². The molecule has 148 valence electrons. The number of carboxylic acid groups (broad SMARTS) is 1. The fraction of sp³-hybridized carbons (Fsp3) is 0.286. The molecule has 2 atom stereocenters. The number of para-hydroxylation sites is 1. The second-order valence-corrected chi connectivity index (χ2v) is 6.38. The van der Waals surface area contributed by atoms with Gasteiger partial charge in [0.15, 0.2) is 0 Å². The Bertz CT molecular complexity index is 848. The molecule has 2 rings (SSSR count). The third kappa shape index (κ3) is 5.09. The highest BCUT2D eigenvalue weighted by Crippen LogP contribution is 2.18. The molecule has 7 heteroatoms. The number of anilines is 1. The summed E-state index contributed by atoms with van der Waals surface area (Å²) in [6.45, 7) is 3.55. The highest BCUT2D eigenvalue weighted by Gasteiger charge is 2.22. The maximum Gasteiger partial charge on any atom is 0.255 e. The van der Waals surface area contributed by atoms with Gasteiger partial charge < -0.3 is 25.3 Å². The van der Waals surface area contributed by atoms with Gasteiger partial charge in [-0.05, 0) is 42.3 Å². The number of hydrogen-bond acceptors (Lipinski definition) is 5. The van der Waals surface area contributed by atoms with E-state index in [9.17, 15) is 19.5 Å². The molecule has 28 heavy (non-hydrogen) atoms. The first-order chi connectivity index (χ1) is 13.4. The van der Waals surface area contributed by atoms with Crippen LogP contribution in [0.5, 0.6) is 5.75 Å².